The van der Waals surface area contributed by atoms with Gasteiger partial charge in [-0.25, -0.2) is 9.78 Å². The molecule has 106 valence electrons. The highest BCUT2D eigenvalue weighted by Gasteiger charge is 2.16. The Kier molecular flexibility index (Phi) is 3.69. The molecule has 1 fully saturated rings. The van der Waals surface area contributed by atoms with E-state index in [1.54, 1.807) is 6.07 Å². The van der Waals surface area contributed by atoms with Crippen molar-refractivity contribution in [2.45, 2.75) is 19.4 Å². The summed E-state index contributed by atoms with van der Waals surface area (Å²) in [7, 11) is 1.37. The van der Waals surface area contributed by atoms with Crippen molar-refractivity contribution in [3.05, 3.63) is 30.1 Å². The van der Waals surface area contributed by atoms with Crippen LogP contribution in [0, 0.1) is 5.92 Å². The lowest BCUT2D eigenvalue weighted by Gasteiger charge is -2.22. The van der Waals surface area contributed by atoms with E-state index in [9.17, 15) is 4.79 Å². The van der Waals surface area contributed by atoms with Gasteiger partial charge in [-0.2, -0.15) is 0 Å². The van der Waals surface area contributed by atoms with Crippen molar-refractivity contribution in [2.75, 3.05) is 20.3 Å². The number of carbonyl (C=O) groups is 1. The second-order valence-electron chi connectivity index (χ2n) is 5.12. The van der Waals surface area contributed by atoms with Crippen molar-refractivity contribution in [2.24, 2.45) is 5.92 Å². The molecule has 1 aliphatic rings. The Morgan fingerprint density at radius 3 is 2.95 bits per heavy atom. The summed E-state index contributed by atoms with van der Waals surface area (Å²) in [5.74, 6) is 0.253. The number of rotatable bonds is 3. The topological polar surface area (TPSA) is 53.4 Å². The third-order valence-corrected chi connectivity index (χ3v) is 3.81. The minimum atomic E-state index is -0.399. The molecule has 0 aromatic carbocycles. The normalized spacial score (nSPS) is 16.4. The fraction of sp³-hybridized carbons (Fsp3) is 0.467. The van der Waals surface area contributed by atoms with E-state index >= 15 is 0 Å². The van der Waals surface area contributed by atoms with Crippen molar-refractivity contribution >= 4 is 17.0 Å². The first-order valence-electron chi connectivity index (χ1n) is 6.90. The van der Waals surface area contributed by atoms with E-state index in [-0.39, 0.29) is 0 Å². The first-order valence-corrected chi connectivity index (χ1v) is 6.90. The van der Waals surface area contributed by atoms with Crippen LogP contribution in [0.25, 0.3) is 11.0 Å². The Morgan fingerprint density at radius 1 is 1.40 bits per heavy atom. The summed E-state index contributed by atoms with van der Waals surface area (Å²) >= 11 is 0. The van der Waals surface area contributed by atoms with Crippen LogP contribution < -0.4 is 0 Å². The summed E-state index contributed by atoms with van der Waals surface area (Å²) in [6.07, 6.45) is 4.24. The summed E-state index contributed by atoms with van der Waals surface area (Å²) in [5, 5.41) is 0. The molecule has 0 atom stereocenters. The van der Waals surface area contributed by atoms with Crippen LogP contribution in [0.1, 0.15) is 23.3 Å². The first-order chi connectivity index (χ1) is 9.78. The number of nitrogens with zero attached hydrogens (tertiary/aromatic N) is 2. The number of esters is 1. The molecule has 3 rings (SSSR count). The van der Waals surface area contributed by atoms with Gasteiger partial charge < -0.3 is 14.0 Å². The van der Waals surface area contributed by atoms with E-state index < -0.39 is 5.97 Å². The minimum absolute atomic E-state index is 0.351. The second-order valence-corrected chi connectivity index (χ2v) is 5.12. The Labute approximate surface area is 117 Å². The molecule has 5 heteroatoms. The first kappa shape index (κ1) is 13.1. The van der Waals surface area contributed by atoms with Gasteiger partial charge in [0.25, 0.3) is 0 Å². The van der Waals surface area contributed by atoms with Gasteiger partial charge in [-0.15, -0.1) is 0 Å². The average Bonchev–Trinajstić information content (AvgIpc) is 2.90. The highest BCUT2D eigenvalue weighted by atomic mass is 16.5. The summed E-state index contributed by atoms with van der Waals surface area (Å²) in [6.45, 7) is 2.69. The molecule has 20 heavy (non-hydrogen) atoms. The molecule has 1 aliphatic heterocycles. The van der Waals surface area contributed by atoms with Gasteiger partial charge in [-0.3, -0.25) is 0 Å². The van der Waals surface area contributed by atoms with Crippen LogP contribution in [0.15, 0.2) is 24.4 Å². The van der Waals surface area contributed by atoms with Crippen LogP contribution in [0.5, 0.6) is 0 Å². The van der Waals surface area contributed by atoms with Gasteiger partial charge in [0.1, 0.15) is 5.69 Å². The van der Waals surface area contributed by atoms with Crippen LogP contribution in [0.3, 0.4) is 0 Å². The second kappa shape index (κ2) is 5.63. The van der Waals surface area contributed by atoms with Gasteiger partial charge in [0, 0.05) is 26.0 Å². The van der Waals surface area contributed by atoms with Crippen LogP contribution in [-0.4, -0.2) is 35.8 Å². The fourth-order valence-corrected chi connectivity index (χ4v) is 2.66. The Bertz CT molecular complexity index is 615. The Hall–Kier alpha value is -1.88. The van der Waals surface area contributed by atoms with Crippen LogP contribution >= 0.6 is 0 Å². The maximum absolute atomic E-state index is 11.5. The summed E-state index contributed by atoms with van der Waals surface area (Å²) in [5.41, 5.74) is 2.24. The Balaban J connectivity index is 1.84. The van der Waals surface area contributed by atoms with Crippen LogP contribution in [0.4, 0.5) is 0 Å². The third-order valence-electron chi connectivity index (χ3n) is 3.81. The van der Waals surface area contributed by atoms with Gasteiger partial charge in [-0.05, 0) is 37.0 Å². The van der Waals surface area contributed by atoms with Gasteiger partial charge in [0.05, 0.1) is 18.1 Å². The fourth-order valence-electron chi connectivity index (χ4n) is 2.66. The van der Waals surface area contributed by atoms with E-state index in [0.717, 1.165) is 43.6 Å². The van der Waals surface area contributed by atoms with Gasteiger partial charge in [0.2, 0.25) is 0 Å². The molecule has 0 radical (unpaired) electrons. The van der Waals surface area contributed by atoms with Crippen molar-refractivity contribution in [1.82, 2.24) is 9.55 Å². The molecule has 0 unspecified atom stereocenters. The number of aromatic nitrogens is 2. The molecule has 0 N–H and O–H groups in total. The molecule has 2 aromatic rings. The van der Waals surface area contributed by atoms with Crippen LogP contribution in [-0.2, 0) is 16.0 Å². The molecule has 5 nitrogen and oxygen atoms in total. The molecule has 1 saturated heterocycles. The number of hydrogen-bond donors (Lipinski definition) is 0. The predicted molar refractivity (Wildman–Crippen MR) is 74.6 cm³/mol. The van der Waals surface area contributed by atoms with Crippen molar-refractivity contribution in [1.29, 1.82) is 0 Å². The highest BCUT2D eigenvalue weighted by molar-refractivity contribution is 5.90. The summed E-state index contributed by atoms with van der Waals surface area (Å²) in [6, 6.07) is 5.60. The molecule has 3 heterocycles. The molecule has 0 bridgehead atoms. The molecule has 0 amide bonds. The number of pyridine rings is 1. The number of carbonyl (C=O) groups excluding carboxylic acids is 1. The number of fused-ring (bicyclic) bond motifs is 1. The van der Waals surface area contributed by atoms with E-state index in [2.05, 4.69) is 9.55 Å². The number of ether oxygens (including phenoxy) is 2. The highest BCUT2D eigenvalue weighted by Crippen LogP contribution is 2.21. The zero-order chi connectivity index (χ0) is 13.9. The zero-order valence-corrected chi connectivity index (χ0v) is 11.5. The monoisotopic (exact) mass is 274 g/mol. The van der Waals surface area contributed by atoms with Crippen molar-refractivity contribution < 1.29 is 14.3 Å². The largest absolute Gasteiger partial charge is 0.464 e. The average molecular weight is 274 g/mol. The van der Waals surface area contributed by atoms with E-state index in [4.69, 9.17) is 9.47 Å². The molecule has 0 saturated carbocycles. The zero-order valence-electron chi connectivity index (χ0n) is 11.5. The maximum Gasteiger partial charge on any atom is 0.356 e. The lowest BCUT2D eigenvalue weighted by molar-refractivity contribution is 0.0593. The lowest BCUT2D eigenvalue weighted by atomic mass is 10.0. The predicted octanol–water partition coefficient (Wildman–Crippen LogP) is 2.25. The summed E-state index contributed by atoms with van der Waals surface area (Å²) < 4.78 is 12.3. The van der Waals surface area contributed by atoms with Gasteiger partial charge in [-0.1, -0.05) is 0 Å². The smallest absolute Gasteiger partial charge is 0.356 e. The minimum Gasteiger partial charge on any atom is -0.464 e. The lowest BCUT2D eigenvalue weighted by Crippen LogP contribution is -2.20. The summed E-state index contributed by atoms with van der Waals surface area (Å²) in [4.78, 5) is 15.8. The molecule has 0 aliphatic carbocycles. The van der Waals surface area contributed by atoms with Crippen LogP contribution in [0.2, 0.25) is 0 Å². The van der Waals surface area contributed by atoms with E-state index in [1.165, 1.54) is 7.11 Å². The van der Waals surface area contributed by atoms with E-state index in [0.29, 0.717) is 11.6 Å². The Morgan fingerprint density at radius 2 is 2.20 bits per heavy atom. The molecule has 2 aromatic heterocycles. The molecular formula is C15H18N2O3. The van der Waals surface area contributed by atoms with Crippen molar-refractivity contribution in [3.8, 4) is 0 Å². The van der Waals surface area contributed by atoms with Crippen molar-refractivity contribution in [3.63, 3.8) is 0 Å². The maximum atomic E-state index is 11.5. The SMILES string of the molecule is COC(=O)c1ccc2c(ccn2CC2CCOCC2)n1. The van der Waals surface area contributed by atoms with Gasteiger partial charge >= 0.3 is 5.97 Å². The molecule has 0 spiro atoms. The van der Waals surface area contributed by atoms with E-state index in [1.807, 2.05) is 18.3 Å². The standard InChI is InChI=1S/C15H18N2O3/c1-19-15(18)13-2-3-14-12(16-13)4-7-17(14)10-11-5-8-20-9-6-11/h2-4,7,11H,5-6,8-10H2,1H3. The number of hydrogen-bond acceptors (Lipinski definition) is 4. The quantitative estimate of drug-likeness (QED) is 0.806. The molecular weight excluding hydrogens is 256 g/mol. The third kappa shape index (κ3) is 2.54. The van der Waals surface area contributed by atoms with Gasteiger partial charge in [0.15, 0.2) is 0 Å². The number of methoxy groups -OCH3 is 1.